The zero-order chi connectivity index (χ0) is 13.9. The number of aromatic nitrogens is 1. The van der Waals surface area contributed by atoms with Gasteiger partial charge in [-0.1, -0.05) is 17.7 Å². The van der Waals surface area contributed by atoms with Crippen LogP contribution in [0.2, 0.25) is 5.15 Å². The van der Waals surface area contributed by atoms with Crippen molar-refractivity contribution in [1.29, 1.82) is 0 Å². The highest BCUT2D eigenvalue weighted by Crippen LogP contribution is 2.19. The highest BCUT2D eigenvalue weighted by molar-refractivity contribution is 7.90. The fraction of sp³-hybridized carbons (Fsp3) is 0.615. The minimum Gasteiger partial charge on any atom is -0.381 e. The number of pyridine rings is 1. The van der Waals surface area contributed by atoms with Crippen LogP contribution in [0.4, 0.5) is 0 Å². The smallest absolute Gasteiger partial charge is 0.154 e. The van der Waals surface area contributed by atoms with Gasteiger partial charge in [-0.15, -0.1) is 0 Å². The highest BCUT2D eigenvalue weighted by Gasteiger charge is 2.22. The molecule has 106 valence electrons. The van der Waals surface area contributed by atoms with Gasteiger partial charge < -0.3 is 4.74 Å². The van der Waals surface area contributed by atoms with Crippen LogP contribution in [-0.2, 0) is 20.3 Å². The van der Waals surface area contributed by atoms with E-state index >= 15 is 0 Å². The molecule has 1 unspecified atom stereocenters. The number of aryl methyl sites for hydroxylation is 1. The van der Waals surface area contributed by atoms with E-state index in [4.69, 9.17) is 16.3 Å². The van der Waals surface area contributed by atoms with Gasteiger partial charge in [0.2, 0.25) is 0 Å². The summed E-state index contributed by atoms with van der Waals surface area (Å²) in [5, 5.41) is 0.388. The van der Waals surface area contributed by atoms with Crippen molar-refractivity contribution in [3.05, 3.63) is 28.5 Å². The van der Waals surface area contributed by atoms with E-state index in [-0.39, 0.29) is 17.4 Å². The van der Waals surface area contributed by atoms with Gasteiger partial charge in [-0.3, -0.25) is 0 Å². The number of rotatable bonds is 4. The van der Waals surface area contributed by atoms with Crippen LogP contribution in [0, 0.1) is 12.8 Å². The summed E-state index contributed by atoms with van der Waals surface area (Å²) in [5.41, 5.74) is 1.40. The quantitative estimate of drug-likeness (QED) is 0.801. The van der Waals surface area contributed by atoms with E-state index in [2.05, 4.69) is 4.98 Å². The third kappa shape index (κ3) is 4.44. The summed E-state index contributed by atoms with van der Waals surface area (Å²) in [4.78, 5) is 4.08. The molecule has 0 spiro atoms. The van der Waals surface area contributed by atoms with E-state index in [0.29, 0.717) is 17.5 Å². The van der Waals surface area contributed by atoms with Crippen molar-refractivity contribution in [2.75, 3.05) is 19.0 Å². The minimum absolute atomic E-state index is 0.0273. The monoisotopic (exact) mass is 303 g/mol. The largest absolute Gasteiger partial charge is 0.381 e. The van der Waals surface area contributed by atoms with Crippen LogP contribution >= 0.6 is 11.6 Å². The molecule has 0 radical (unpaired) electrons. The Kier molecular flexibility index (Phi) is 4.81. The first-order valence-electron chi connectivity index (χ1n) is 6.36. The van der Waals surface area contributed by atoms with E-state index in [0.717, 1.165) is 25.0 Å². The lowest BCUT2D eigenvalue weighted by molar-refractivity contribution is 0.0626. The van der Waals surface area contributed by atoms with Crippen molar-refractivity contribution in [2.24, 2.45) is 5.92 Å². The molecule has 2 rings (SSSR count). The molecule has 1 aromatic rings. The normalized spacial score (nSPS) is 20.4. The number of nitrogens with zero attached hydrogens (tertiary/aromatic N) is 1. The van der Waals surface area contributed by atoms with Gasteiger partial charge >= 0.3 is 0 Å². The summed E-state index contributed by atoms with van der Waals surface area (Å²) in [6.07, 6.45) is 1.87. The second-order valence-electron chi connectivity index (χ2n) is 5.02. The predicted molar refractivity (Wildman–Crippen MR) is 75.0 cm³/mol. The maximum atomic E-state index is 12.2. The lowest BCUT2D eigenvalue weighted by Crippen LogP contribution is -2.26. The van der Waals surface area contributed by atoms with E-state index in [1.807, 2.05) is 0 Å². The first kappa shape index (κ1) is 14.8. The van der Waals surface area contributed by atoms with E-state index in [1.54, 1.807) is 19.1 Å². The zero-order valence-corrected chi connectivity index (χ0v) is 12.5. The van der Waals surface area contributed by atoms with Crippen molar-refractivity contribution in [2.45, 2.75) is 25.5 Å². The molecule has 0 saturated carbocycles. The van der Waals surface area contributed by atoms with Crippen molar-refractivity contribution in [3.63, 3.8) is 0 Å². The summed E-state index contributed by atoms with van der Waals surface area (Å²) < 4.78 is 29.7. The average molecular weight is 304 g/mol. The van der Waals surface area contributed by atoms with Crippen LogP contribution in [-0.4, -0.2) is 32.4 Å². The Hall–Kier alpha value is -0.650. The topological polar surface area (TPSA) is 56.3 Å². The van der Waals surface area contributed by atoms with Gasteiger partial charge in [0.05, 0.1) is 18.1 Å². The first-order valence-corrected chi connectivity index (χ1v) is 8.56. The third-order valence-electron chi connectivity index (χ3n) is 3.28. The van der Waals surface area contributed by atoms with Gasteiger partial charge in [-0.25, -0.2) is 13.4 Å². The molecule has 2 heterocycles. The highest BCUT2D eigenvalue weighted by atomic mass is 35.5. The summed E-state index contributed by atoms with van der Waals surface area (Å²) >= 11 is 5.77. The molecule has 1 atom stereocenters. The maximum Gasteiger partial charge on any atom is 0.154 e. The molecule has 19 heavy (non-hydrogen) atoms. The van der Waals surface area contributed by atoms with E-state index in [9.17, 15) is 8.42 Å². The Morgan fingerprint density at radius 3 is 2.89 bits per heavy atom. The lowest BCUT2D eigenvalue weighted by Gasteiger charge is -2.21. The Balaban J connectivity index is 2.03. The molecule has 1 saturated heterocycles. The molecule has 1 fully saturated rings. The third-order valence-corrected chi connectivity index (χ3v) is 5.22. The van der Waals surface area contributed by atoms with Gasteiger partial charge in [0, 0.05) is 12.3 Å². The standard InChI is InChI=1S/C13H18ClNO3S/c1-10-12(4-5-13(14)15-10)9-19(16,17)8-11-3-2-6-18-7-11/h4-5,11H,2-3,6-9H2,1H3. The molecule has 0 N–H and O–H groups in total. The maximum absolute atomic E-state index is 12.2. The van der Waals surface area contributed by atoms with Crippen LogP contribution in [0.1, 0.15) is 24.1 Å². The predicted octanol–water partition coefficient (Wildman–Crippen LogP) is 2.38. The van der Waals surface area contributed by atoms with Gasteiger partial charge in [0.1, 0.15) is 5.15 Å². The SMILES string of the molecule is Cc1nc(Cl)ccc1CS(=O)(=O)CC1CCCOC1. The summed E-state index contributed by atoms with van der Waals surface area (Å²) in [5.74, 6) is 0.341. The number of hydrogen-bond donors (Lipinski definition) is 0. The number of hydrogen-bond acceptors (Lipinski definition) is 4. The van der Waals surface area contributed by atoms with Gasteiger partial charge in [0.15, 0.2) is 9.84 Å². The second kappa shape index (κ2) is 6.20. The molecule has 0 aliphatic carbocycles. The van der Waals surface area contributed by atoms with Crippen molar-refractivity contribution in [1.82, 2.24) is 4.98 Å². The molecule has 1 aliphatic heterocycles. The van der Waals surface area contributed by atoms with Crippen LogP contribution in [0.15, 0.2) is 12.1 Å². The molecule has 6 heteroatoms. The Morgan fingerprint density at radius 1 is 1.47 bits per heavy atom. The molecule has 0 aromatic carbocycles. The average Bonchev–Trinajstić information content (AvgIpc) is 2.33. The number of halogens is 1. The number of sulfone groups is 1. The molecule has 0 bridgehead atoms. The zero-order valence-electron chi connectivity index (χ0n) is 10.9. The molecule has 0 amide bonds. The Bertz CT molecular complexity index is 539. The minimum atomic E-state index is -3.13. The van der Waals surface area contributed by atoms with Gasteiger partial charge in [-0.05, 0) is 37.3 Å². The van der Waals surface area contributed by atoms with Crippen LogP contribution < -0.4 is 0 Å². The summed E-state index contributed by atoms with van der Waals surface area (Å²) in [6.45, 7) is 3.08. The molecular weight excluding hydrogens is 286 g/mol. The fourth-order valence-corrected chi connectivity index (χ4v) is 4.37. The lowest BCUT2D eigenvalue weighted by atomic mass is 10.1. The van der Waals surface area contributed by atoms with E-state index in [1.165, 1.54) is 0 Å². The van der Waals surface area contributed by atoms with Gasteiger partial charge in [0.25, 0.3) is 0 Å². The first-order chi connectivity index (χ1) is 8.96. The summed E-state index contributed by atoms with van der Waals surface area (Å²) in [6, 6.07) is 3.36. The molecular formula is C13H18ClNO3S. The van der Waals surface area contributed by atoms with Crippen LogP contribution in [0.5, 0.6) is 0 Å². The Labute approximate surface area is 119 Å². The number of ether oxygens (including phenoxy) is 1. The molecule has 1 aliphatic rings. The van der Waals surface area contributed by atoms with Crippen LogP contribution in [0.3, 0.4) is 0 Å². The van der Waals surface area contributed by atoms with Crippen LogP contribution in [0.25, 0.3) is 0 Å². The van der Waals surface area contributed by atoms with Crippen molar-refractivity contribution >= 4 is 21.4 Å². The van der Waals surface area contributed by atoms with E-state index < -0.39 is 9.84 Å². The fourth-order valence-electron chi connectivity index (χ4n) is 2.31. The molecule has 1 aromatic heterocycles. The second-order valence-corrected chi connectivity index (χ2v) is 7.51. The Morgan fingerprint density at radius 2 is 2.26 bits per heavy atom. The van der Waals surface area contributed by atoms with Gasteiger partial charge in [-0.2, -0.15) is 0 Å². The van der Waals surface area contributed by atoms with Crippen molar-refractivity contribution < 1.29 is 13.2 Å². The van der Waals surface area contributed by atoms with Crippen molar-refractivity contribution in [3.8, 4) is 0 Å². The summed E-state index contributed by atoms with van der Waals surface area (Å²) in [7, 11) is -3.13. The molecule has 4 nitrogen and oxygen atoms in total.